The number of alkyl carbamates (subject to hydrolysis) is 1. The van der Waals surface area contributed by atoms with E-state index < -0.39 is 30.8 Å². The maximum Gasteiger partial charge on any atom is 0.407 e. The van der Waals surface area contributed by atoms with E-state index in [0.717, 1.165) is 0 Å². The van der Waals surface area contributed by atoms with Gasteiger partial charge in [0.05, 0.1) is 6.61 Å². The van der Waals surface area contributed by atoms with Gasteiger partial charge in [-0.3, -0.25) is 0 Å². The Morgan fingerprint density at radius 2 is 1.94 bits per heavy atom. The van der Waals surface area contributed by atoms with Crippen molar-refractivity contribution >= 4 is 12.1 Å². The summed E-state index contributed by atoms with van der Waals surface area (Å²) < 4.78 is 4.53. The molecule has 0 heterocycles. The highest BCUT2D eigenvalue weighted by molar-refractivity contribution is 5.79. The Bertz CT molecular complexity index is 255. The van der Waals surface area contributed by atoms with E-state index in [-0.39, 0.29) is 18.9 Å². The van der Waals surface area contributed by atoms with Crippen molar-refractivity contribution in [2.75, 3.05) is 13.2 Å². The van der Waals surface area contributed by atoms with Gasteiger partial charge in [-0.15, -0.1) is 0 Å². The number of amides is 1. The molecule has 0 saturated carbocycles. The van der Waals surface area contributed by atoms with Crippen molar-refractivity contribution in [1.82, 2.24) is 5.32 Å². The van der Waals surface area contributed by atoms with E-state index >= 15 is 0 Å². The van der Waals surface area contributed by atoms with Gasteiger partial charge < -0.3 is 25.4 Å². The summed E-state index contributed by atoms with van der Waals surface area (Å²) in [6.07, 6.45) is -1.80. The van der Waals surface area contributed by atoms with Crippen LogP contribution in [0.15, 0.2) is 0 Å². The molecule has 0 aromatic carbocycles. The van der Waals surface area contributed by atoms with Crippen LogP contribution in [0.5, 0.6) is 0 Å². The first-order valence-electron chi connectivity index (χ1n) is 5.31. The van der Waals surface area contributed by atoms with Crippen LogP contribution in [-0.4, -0.2) is 52.7 Å². The minimum atomic E-state index is -1.16. The second kappa shape index (κ2) is 7.86. The topological polar surface area (TPSA) is 116 Å². The fraction of sp³-hybridized carbons (Fsp3) is 0.800. The number of ether oxygens (including phenoxy) is 1. The van der Waals surface area contributed by atoms with E-state index in [9.17, 15) is 9.59 Å². The van der Waals surface area contributed by atoms with Gasteiger partial charge in [-0.2, -0.15) is 0 Å². The molecule has 100 valence electrons. The second-order valence-electron chi connectivity index (χ2n) is 4.10. The smallest absolute Gasteiger partial charge is 0.407 e. The molecule has 2 unspecified atom stereocenters. The standard InChI is InChI=1S/C10H19NO6/c1-6(2)3-8(9(14)15)11-10(16)17-5-7(13)4-12/h6-8,12-13H,3-5H2,1-2H3,(H,11,16)(H,14,15). The van der Waals surface area contributed by atoms with Gasteiger partial charge in [0.1, 0.15) is 18.8 Å². The molecule has 0 aliphatic rings. The second-order valence-corrected chi connectivity index (χ2v) is 4.10. The lowest BCUT2D eigenvalue weighted by molar-refractivity contribution is -0.139. The number of carboxylic acids is 1. The first-order chi connectivity index (χ1) is 7.86. The first kappa shape index (κ1) is 15.7. The molecule has 0 aliphatic carbocycles. The van der Waals surface area contributed by atoms with Gasteiger partial charge in [0.2, 0.25) is 0 Å². The van der Waals surface area contributed by atoms with Crippen molar-refractivity contribution in [3.63, 3.8) is 0 Å². The lowest BCUT2D eigenvalue weighted by Gasteiger charge is -2.16. The summed E-state index contributed by atoms with van der Waals surface area (Å²) in [4.78, 5) is 22.0. The predicted octanol–water partition coefficient (Wildman–Crippen LogP) is -0.435. The maximum atomic E-state index is 11.2. The van der Waals surface area contributed by atoms with Gasteiger partial charge >= 0.3 is 12.1 Å². The number of aliphatic carboxylic acids is 1. The first-order valence-corrected chi connectivity index (χ1v) is 5.31. The molecule has 7 heteroatoms. The quantitative estimate of drug-likeness (QED) is 0.486. The molecule has 0 rings (SSSR count). The number of aliphatic hydroxyl groups is 2. The summed E-state index contributed by atoms with van der Waals surface area (Å²) in [5.74, 6) is -1.03. The van der Waals surface area contributed by atoms with Crippen LogP contribution in [0.3, 0.4) is 0 Å². The van der Waals surface area contributed by atoms with Gasteiger partial charge in [0, 0.05) is 0 Å². The fourth-order valence-corrected chi connectivity index (χ4v) is 1.10. The monoisotopic (exact) mass is 249 g/mol. The van der Waals surface area contributed by atoms with E-state index in [0.29, 0.717) is 0 Å². The zero-order chi connectivity index (χ0) is 13.4. The van der Waals surface area contributed by atoms with Crippen molar-refractivity contribution in [1.29, 1.82) is 0 Å². The van der Waals surface area contributed by atoms with Crippen molar-refractivity contribution in [3.8, 4) is 0 Å². The highest BCUT2D eigenvalue weighted by Gasteiger charge is 2.22. The van der Waals surface area contributed by atoms with E-state index in [1.807, 2.05) is 13.8 Å². The third-order valence-corrected chi connectivity index (χ3v) is 1.91. The van der Waals surface area contributed by atoms with Crippen LogP contribution in [0.25, 0.3) is 0 Å². The van der Waals surface area contributed by atoms with E-state index in [1.54, 1.807) is 0 Å². The molecular formula is C10H19NO6. The summed E-state index contributed by atoms with van der Waals surface area (Å²) in [5, 5.41) is 28.4. The fourth-order valence-electron chi connectivity index (χ4n) is 1.10. The minimum Gasteiger partial charge on any atom is -0.480 e. The van der Waals surface area contributed by atoms with Crippen molar-refractivity contribution in [2.45, 2.75) is 32.4 Å². The summed E-state index contributed by atoms with van der Waals surface area (Å²) in [5.41, 5.74) is 0. The lowest BCUT2D eigenvalue weighted by Crippen LogP contribution is -2.42. The molecule has 0 bridgehead atoms. The van der Waals surface area contributed by atoms with Crippen LogP contribution in [0.2, 0.25) is 0 Å². The van der Waals surface area contributed by atoms with Crippen molar-refractivity contribution in [3.05, 3.63) is 0 Å². The molecule has 7 nitrogen and oxygen atoms in total. The molecule has 2 atom stereocenters. The van der Waals surface area contributed by atoms with Crippen LogP contribution in [-0.2, 0) is 9.53 Å². The van der Waals surface area contributed by atoms with E-state index in [1.165, 1.54) is 0 Å². The van der Waals surface area contributed by atoms with Crippen LogP contribution >= 0.6 is 0 Å². The van der Waals surface area contributed by atoms with E-state index in [2.05, 4.69) is 10.1 Å². The number of hydrogen-bond acceptors (Lipinski definition) is 5. The number of carbonyl (C=O) groups excluding carboxylic acids is 1. The van der Waals surface area contributed by atoms with Crippen LogP contribution in [0.4, 0.5) is 4.79 Å². The Morgan fingerprint density at radius 3 is 2.35 bits per heavy atom. The molecule has 0 spiro atoms. The van der Waals surface area contributed by atoms with E-state index in [4.69, 9.17) is 15.3 Å². The number of rotatable bonds is 7. The normalized spacial score (nSPS) is 14.2. The molecule has 0 aromatic heterocycles. The lowest BCUT2D eigenvalue weighted by atomic mass is 10.0. The van der Waals surface area contributed by atoms with Gasteiger partial charge in [-0.1, -0.05) is 13.8 Å². The molecular weight excluding hydrogens is 230 g/mol. The minimum absolute atomic E-state index is 0.111. The molecule has 17 heavy (non-hydrogen) atoms. The Balaban J connectivity index is 4.08. The Kier molecular flexibility index (Phi) is 7.24. The average Bonchev–Trinajstić information content (AvgIpc) is 2.24. The number of nitrogens with one attached hydrogen (secondary N) is 1. The van der Waals surface area contributed by atoms with Crippen molar-refractivity contribution < 1.29 is 29.6 Å². The summed E-state index contributed by atoms with van der Waals surface area (Å²) in [6.45, 7) is 2.76. The average molecular weight is 249 g/mol. The van der Waals surface area contributed by atoms with Gasteiger partial charge in [-0.25, -0.2) is 9.59 Å². The zero-order valence-corrected chi connectivity index (χ0v) is 9.92. The van der Waals surface area contributed by atoms with Gasteiger partial charge in [-0.05, 0) is 12.3 Å². The highest BCUT2D eigenvalue weighted by Crippen LogP contribution is 2.05. The molecule has 0 aliphatic heterocycles. The Morgan fingerprint density at radius 1 is 1.35 bits per heavy atom. The summed E-state index contributed by atoms with van der Waals surface area (Å²) in [7, 11) is 0. The van der Waals surface area contributed by atoms with Crippen LogP contribution in [0.1, 0.15) is 20.3 Å². The number of aliphatic hydroxyl groups excluding tert-OH is 2. The largest absolute Gasteiger partial charge is 0.480 e. The Hall–Kier alpha value is -1.34. The number of carbonyl (C=O) groups is 2. The van der Waals surface area contributed by atoms with Crippen LogP contribution in [0, 0.1) is 5.92 Å². The van der Waals surface area contributed by atoms with Crippen LogP contribution < -0.4 is 5.32 Å². The highest BCUT2D eigenvalue weighted by atomic mass is 16.6. The molecule has 0 saturated heterocycles. The summed E-state index contributed by atoms with van der Waals surface area (Å²) >= 11 is 0. The predicted molar refractivity (Wildman–Crippen MR) is 58.5 cm³/mol. The van der Waals surface area contributed by atoms with Crippen molar-refractivity contribution in [2.24, 2.45) is 5.92 Å². The molecule has 0 radical (unpaired) electrons. The Labute approximate surface area is 99.4 Å². The third kappa shape index (κ3) is 7.53. The molecule has 4 N–H and O–H groups in total. The molecule has 0 aromatic rings. The number of hydrogen-bond donors (Lipinski definition) is 4. The SMILES string of the molecule is CC(C)CC(NC(=O)OCC(O)CO)C(=O)O. The number of carboxylic acid groups (broad SMARTS) is 1. The van der Waals surface area contributed by atoms with Gasteiger partial charge in [0.25, 0.3) is 0 Å². The van der Waals surface area contributed by atoms with Gasteiger partial charge in [0.15, 0.2) is 0 Å². The molecule has 0 fully saturated rings. The summed E-state index contributed by atoms with van der Waals surface area (Å²) in [6, 6.07) is -1.02. The zero-order valence-electron chi connectivity index (χ0n) is 9.92. The third-order valence-electron chi connectivity index (χ3n) is 1.91. The maximum absolute atomic E-state index is 11.2. The molecule has 1 amide bonds.